The second-order valence-electron chi connectivity index (χ2n) is 6.85. The minimum atomic E-state index is -3.49. The van der Waals surface area contributed by atoms with Crippen molar-refractivity contribution in [1.82, 2.24) is 14.9 Å². The van der Waals surface area contributed by atoms with Gasteiger partial charge in [0.2, 0.25) is 10.0 Å². The van der Waals surface area contributed by atoms with Crippen LogP contribution in [0.5, 0.6) is 0 Å². The third-order valence-corrected chi connectivity index (χ3v) is 6.09. The van der Waals surface area contributed by atoms with E-state index in [1.807, 2.05) is 6.92 Å². The number of guanidine groups is 1. The number of ether oxygens (including phenoxy) is 2. The number of benzene rings is 1. The highest BCUT2D eigenvalue weighted by molar-refractivity contribution is 7.89. The van der Waals surface area contributed by atoms with E-state index in [1.54, 1.807) is 38.4 Å². The number of hydrogen-bond acceptors (Lipinski definition) is 5. The van der Waals surface area contributed by atoms with Crippen LogP contribution >= 0.6 is 0 Å². The second-order valence-corrected chi connectivity index (χ2v) is 8.62. The number of hydrogen-bond donors (Lipinski definition) is 2. The molecule has 1 fully saturated rings. The zero-order valence-corrected chi connectivity index (χ0v) is 17.8. The first-order valence-electron chi connectivity index (χ1n) is 9.55. The summed E-state index contributed by atoms with van der Waals surface area (Å²) in [6, 6.07) is 6.81. The van der Waals surface area contributed by atoms with E-state index in [0.717, 1.165) is 31.0 Å². The lowest BCUT2D eigenvalue weighted by Crippen LogP contribution is -2.43. The fourth-order valence-electron chi connectivity index (χ4n) is 3.05. The molecule has 1 aromatic carbocycles. The van der Waals surface area contributed by atoms with E-state index in [0.29, 0.717) is 32.3 Å². The molecule has 1 atom stereocenters. The van der Waals surface area contributed by atoms with E-state index in [9.17, 15) is 8.42 Å². The summed E-state index contributed by atoms with van der Waals surface area (Å²) >= 11 is 0. The van der Waals surface area contributed by atoms with Crippen molar-refractivity contribution in [3.8, 4) is 0 Å². The molecular formula is C19H32N4O4S. The fraction of sp³-hybridized carbons (Fsp3) is 0.632. The molecule has 0 amide bonds. The molecule has 1 aromatic rings. The molecule has 2 rings (SSSR count). The van der Waals surface area contributed by atoms with Gasteiger partial charge in [-0.15, -0.1) is 0 Å². The number of methoxy groups -OCH3 is 1. The van der Waals surface area contributed by atoms with Gasteiger partial charge in [-0.1, -0.05) is 17.7 Å². The van der Waals surface area contributed by atoms with Gasteiger partial charge in [-0.25, -0.2) is 13.1 Å². The largest absolute Gasteiger partial charge is 0.382 e. The van der Waals surface area contributed by atoms with E-state index in [-0.39, 0.29) is 11.4 Å². The number of sulfonamides is 1. The SMILES string of the molecule is CN=C(NCCNS(=O)(=O)c1ccc(C)cc1)N1CCC(COCCOC)C1. The van der Waals surface area contributed by atoms with E-state index in [2.05, 4.69) is 19.9 Å². The Bertz CT molecular complexity index is 722. The molecule has 0 spiro atoms. The van der Waals surface area contributed by atoms with Gasteiger partial charge in [-0.3, -0.25) is 4.99 Å². The maximum Gasteiger partial charge on any atom is 0.240 e. The van der Waals surface area contributed by atoms with Crippen LogP contribution in [0.4, 0.5) is 0 Å². The van der Waals surface area contributed by atoms with E-state index < -0.39 is 10.0 Å². The first-order chi connectivity index (χ1) is 13.5. The van der Waals surface area contributed by atoms with Gasteiger partial charge in [0, 0.05) is 46.3 Å². The van der Waals surface area contributed by atoms with Gasteiger partial charge in [-0.2, -0.15) is 0 Å². The van der Waals surface area contributed by atoms with Crippen molar-refractivity contribution >= 4 is 16.0 Å². The standard InChI is InChI=1S/C19H32N4O4S/c1-16-4-6-18(7-5-16)28(24,25)22-10-9-21-19(20-2)23-11-8-17(14-23)15-27-13-12-26-3/h4-7,17,22H,8-15H2,1-3H3,(H,20,21). The summed E-state index contributed by atoms with van der Waals surface area (Å²) in [6.07, 6.45) is 1.05. The van der Waals surface area contributed by atoms with Gasteiger partial charge >= 0.3 is 0 Å². The van der Waals surface area contributed by atoms with Crippen LogP contribution in [-0.2, 0) is 19.5 Å². The molecule has 1 heterocycles. The number of likely N-dealkylation sites (tertiary alicyclic amines) is 1. The molecule has 0 aromatic heterocycles. The van der Waals surface area contributed by atoms with Gasteiger partial charge in [0.05, 0.1) is 24.7 Å². The summed E-state index contributed by atoms with van der Waals surface area (Å²) in [6.45, 7) is 6.39. The lowest BCUT2D eigenvalue weighted by atomic mass is 10.1. The highest BCUT2D eigenvalue weighted by Gasteiger charge is 2.25. The predicted molar refractivity (Wildman–Crippen MR) is 110 cm³/mol. The Hall–Kier alpha value is -1.68. The van der Waals surface area contributed by atoms with Crippen LogP contribution in [0.15, 0.2) is 34.2 Å². The van der Waals surface area contributed by atoms with Crippen LogP contribution < -0.4 is 10.0 Å². The Morgan fingerprint density at radius 3 is 2.68 bits per heavy atom. The van der Waals surface area contributed by atoms with Gasteiger partial charge < -0.3 is 19.7 Å². The molecule has 1 aliphatic rings. The second kappa shape index (κ2) is 11.4. The fourth-order valence-corrected chi connectivity index (χ4v) is 4.08. The number of nitrogens with zero attached hydrogens (tertiary/aromatic N) is 2. The molecule has 158 valence electrons. The zero-order chi connectivity index (χ0) is 20.4. The number of aryl methyl sites for hydroxylation is 1. The number of aliphatic imine (C=N–C) groups is 1. The van der Waals surface area contributed by atoms with Crippen LogP contribution in [0.1, 0.15) is 12.0 Å². The van der Waals surface area contributed by atoms with Crippen molar-refractivity contribution in [1.29, 1.82) is 0 Å². The third-order valence-electron chi connectivity index (χ3n) is 4.61. The van der Waals surface area contributed by atoms with E-state index in [1.165, 1.54) is 0 Å². The highest BCUT2D eigenvalue weighted by atomic mass is 32.2. The number of rotatable bonds is 10. The van der Waals surface area contributed by atoms with Crippen LogP contribution in [0.2, 0.25) is 0 Å². The van der Waals surface area contributed by atoms with E-state index in [4.69, 9.17) is 9.47 Å². The Labute approximate surface area is 168 Å². The smallest absolute Gasteiger partial charge is 0.240 e. The molecule has 1 unspecified atom stereocenters. The Kier molecular flexibility index (Phi) is 9.17. The number of nitrogens with one attached hydrogen (secondary N) is 2. The van der Waals surface area contributed by atoms with Crippen molar-refractivity contribution in [2.24, 2.45) is 10.9 Å². The first-order valence-corrected chi connectivity index (χ1v) is 11.0. The molecule has 8 nitrogen and oxygen atoms in total. The summed E-state index contributed by atoms with van der Waals surface area (Å²) < 4.78 is 37.8. The highest BCUT2D eigenvalue weighted by Crippen LogP contribution is 2.16. The summed E-state index contributed by atoms with van der Waals surface area (Å²) in [4.78, 5) is 6.77. The van der Waals surface area contributed by atoms with Gasteiger partial charge in [0.25, 0.3) is 0 Å². The lowest BCUT2D eigenvalue weighted by Gasteiger charge is -2.22. The van der Waals surface area contributed by atoms with Gasteiger partial charge in [-0.05, 0) is 25.5 Å². The van der Waals surface area contributed by atoms with Crippen LogP contribution in [0, 0.1) is 12.8 Å². The minimum absolute atomic E-state index is 0.276. The molecule has 2 N–H and O–H groups in total. The summed E-state index contributed by atoms with van der Waals surface area (Å²) in [5, 5.41) is 3.23. The van der Waals surface area contributed by atoms with Crippen LogP contribution in [0.25, 0.3) is 0 Å². The average Bonchev–Trinajstić information content (AvgIpc) is 3.14. The normalized spacial score (nSPS) is 17.9. The summed E-state index contributed by atoms with van der Waals surface area (Å²) in [5.74, 6) is 1.25. The van der Waals surface area contributed by atoms with Crippen molar-refractivity contribution in [2.75, 3.05) is 60.2 Å². The minimum Gasteiger partial charge on any atom is -0.382 e. The Balaban J connectivity index is 1.72. The van der Waals surface area contributed by atoms with E-state index >= 15 is 0 Å². The van der Waals surface area contributed by atoms with Gasteiger partial charge in [0.1, 0.15) is 0 Å². The molecule has 1 aliphatic heterocycles. The van der Waals surface area contributed by atoms with Crippen LogP contribution in [-0.4, -0.2) is 79.4 Å². The molecule has 9 heteroatoms. The maximum atomic E-state index is 12.3. The third kappa shape index (κ3) is 7.05. The molecule has 0 aliphatic carbocycles. The predicted octanol–water partition coefficient (Wildman–Crippen LogP) is 0.834. The monoisotopic (exact) mass is 412 g/mol. The molecular weight excluding hydrogens is 380 g/mol. The average molecular weight is 413 g/mol. The molecule has 28 heavy (non-hydrogen) atoms. The maximum absolute atomic E-state index is 12.3. The molecule has 0 bridgehead atoms. The summed E-state index contributed by atoms with van der Waals surface area (Å²) in [7, 11) is -0.0936. The van der Waals surface area contributed by atoms with Crippen molar-refractivity contribution in [3.63, 3.8) is 0 Å². The Morgan fingerprint density at radius 1 is 1.25 bits per heavy atom. The summed E-state index contributed by atoms with van der Waals surface area (Å²) in [5.41, 5.74) is 1.03. The first kappa shape index (κ1) is 22.6. The molecule has 0 saturated carbocycles. The Morgan fingerprint density at radius 2 is 2.00 bits per heavy atom. The molecule has 0 radical (unpaired) electrons. The molecule has 1 saturated heterocycles. The van der Waals surface area contributed by atoms with Gasteiger partial charge in [0.15, 0.2) is 5.96 Å². The lowest BCUT2D eigenvalue weighted by molar-refractivity contribution is 0.0536. The zero-order valence-electron chi connectivity index (χ0n) is 17.0. The van der Waals surface area contributed by atoms with Crippen molar-refractivity contribution in [2.45, 2.75) is 18.2 Å². The topological polar surface area (TPSA) is 92.3 Å². The quantitative estimate of drug-likeness (QED) is 0.336. The van der Waals surface area contributed by atoms with Crippen molar-refractivity contribution in [3.05, 3.63) is 29.8 Å². The van der Waals surface area contributed by atoms with Crippen molar-refractivity contribution < 1.29 is 17.9 Å². The van der Waals surface area contributed by atoms with Crippen LogP contribution in [0.3, 0.4) is 0 Å².